The monoisotopic (exact) mass is 326 g/mol. The van der Waals surface area contributed by atoms with Crippen LogP contribution >= 0.6 is 0 Å². The van der Waals surface area contributed by atoms with Gasteiger partial charge in [-0.3, -0.25) is 9.69 Å². The zero-order valence-corrected chi connectivity index (χ0v) is 14.5. The van der Waals surface area contributed by atoms with Gasteiger partial charge in [-0.05, 0) is 48.6 Å². The second-order valence-corrected chi connectivity index (χ2v) is 6.82. The van der Waals surface area contributed by atoms with Gasteiger partial charge in [0, 0.05) is 6.54 Å². The highest BCUT2D eigenvalue weighted by Gasteiger charge is 2.30. The second kappa shape index (κ2) is 7.67. The summed E-state index contributed by atoms with van der Waals surface area (Å²) in [4.78, 5) is 14.8. The maximum absolute atomic E-state index is 12.5. The first-order chi connectivity index (χ1) is 11.6. The minimum Gasteiger partial charge on any atom is -0.467 e. The lowest BCUT2D eigenvalue weighted by Crippen LogP contribution is -2.42. The molecule has 1 amide bonds. The van der Waals surface area contributed by atoms with Crippen LogP contribution in [0.2, 0.25) is 0 Å². The first-order valence-corrected chi connectivity index (χ1v) is 8.76. The van der Waals surface area contributed by atoms with E-state index < -0.39 is 0 Å². The van der Waals surface area contributed by atoms with E-state index in [1.807, 2.05) is 12.1 Å². The fourth-order valence-corrected chi connectivity index (χ4v) is 3.26. The van der Waals surface area contributed by atoms with E-state index in [0.717, 1.165) is 31.7 Å². The molecule has 1 saturated heterocycles. The molecule has 0 bridgehead atoms. The summed E-state index contributed by atoms with van der Waals surface area (Å²) < 4.78 is 5.27. The lowest BCUT2D eigenvalue weighted by atomic mass is 10.0. The van der Waals surface area contributed by atoms with Gasteiger partial charge < -0.3 is 9.73 Å². The Morgan fingerprint density at radius 1 is 1.29 bits per heavy atom. The zero-order valence-electron chi connectivity index (χ0n) is 14.5. The number of furan rings is 1. The number of hydrogen-bond acceptors (Lipinski definition) is 3. The van der Waals surface area contributed by atoms with Crippen molar-refractivity contribution in [2.75, 3.05) is 6.54 Å². The first kappa shape index (κ1) is 16.8. The largest absolute Gasteiger partial charge is 0.467 e. The number of likely N-dealkylation sites (tertiary alicyclic amines) is 1. The molecule has 0 spiro atoms. The summed E-state index contributed by atoms with van der Waals surface area (Å²) in [5, 5.41) is 2.99. The van der Waals surface area contributed by atoms with Crippen LogP contribution in [0.4, 0.5) is 0 Å². The van der Waals surface area contributed by atoms with Crippen LogP contribution < -0.4 is 5.32 Å². The molecule has 2 aromatic rings. The summed E-state index contributed by atoms with van der Waals surface area (Å²) >= 11 is 0. The molecule has 1 atom stereocenters. The molecule has 1 aliphatic heterocycles. The third-order valence-electron chi connectivity index (χ3n) is 4.72. The van der Waals surface area contributed by atoms with Crippen LogP contribution in [0.1, 0.15) is 49.5 Å². The minimum atomic E-state index is -0.0373. The third kappa shape index (κ3) is 4.06. The second-order valence-electron chi connectivity index (χ2n) is 6.82. The third-order valence-corrected chi connectivity index (χ3v) is 4.72. The van der Waals surface area contributed by atoms with E-state index in [2.05, 4.69) is 48.3 Å². The van der Waals surface area contributed by atoms with Crippen LogP contribution in [-0.4, -0.2) is 23.4 Å². The predicted octanol–water partition coefficient (Wildman–Crippen LogP) is 3.68. The lowest BCUT2D eigenvalue weighted by Gasteiger charge is -2.23. The molecular weight excluding hydrogens is 300 g/mol. The maximum Gasteiger partial charge on any atom is 0.237 e. The van der Waals surface area contributed by atoms with Gasteiger partial charge in [0.15, 0.2) is 0 Å². The van der Waals surface area contributed by atoms with E-state index in [1.165, 1.54) is 11.1 Å². The summed E-state index contributed by atoms with van der Waals surface area (Å²) in [6.45, 7) is 6.67. The van der Waals surface area contributed by atoms with E-state index in [9.17, 15) is 4.79 Å². The van der Waals surface area contributed by atoms with Crippen LogP contribution in [0, 0.1) is 0 Å². The molecular formula is C20H26N2O2. The highest BCUT2D eigenvalue weighted by atomic mass is 16.3. The Bertz CT molecular complexity index is 647. The molecule has 1 fully saturated rings. The van der Waals surface area contributed by atoms with Crippen molar-refractivity contribution in [2.45, 2.75) is 51.7 Å². The van der Waals surface area contributed by atoms with Gasteiger partial charge in [-0.1, -0.05) is 38.1 Å². The van der Waals surface area contributed by atoms with Crippen LogP contribution in [0.3, 0.4) is 0 Å². The van der Waals surface area contributed by atoms with Crippen molar-refractivity contribution in [3.8, 4) is 0 Å². The number of hydrogen-bond donors (Lipinski definition) is 1. The van der Waals surface area contributed by atoms with Crippen molar-refractivity contribution in [2.24, 2.45) is 0 Å². The molecule has 24 heavy (non-hydrogen) atoms. The molecule has 2 heterocycles. The van der Waals surface area contributed by atoms with Crippen molar-refractivity contribution in [1.82, 2.24) is 10.2 Å². The average molecular weight is 326 g/mol. The predicted molar refractivity (Wildman–Crippen MR) is 94.5 cm³/mol. The summed E-state index contributed by atoms with van der Waals surface area (Å²) in [7, 11) is 0. The van der Waals surface area contributed by atoms with Gasteiger partial charge in [-0.25, -0.2) is 0 Å². The van der Waals surface area contributed by atoms with Crippen molar-refractivity contribution in [3.63, 3.8) is 0 Å². The number of nitrogens with one attached hydrogen (secondary N) is 1. The number of benzene rings is 1. The molecule has 1 N–H and O–H groups in total. The highest BCUT2D eigenvalue weighted by molar-refractivity contribution is 5.81. The molecule has 4 heteroatoms. The average Bonchev–Trinajstić information content (AvgIpc) is 3.25. The molecule has 3 rings (SSSR count). The Kier molecular flexibility index (Phi) is 5.36. The topological polar surface area (TPSA) is 45.5 Å². The van der Waals surface area contributed by atoms with Crippen LogP contribution in [0.15, 0.2) is 47.1 Å². The summed E-state index contributed by atoms with van der Waals surface area (Å²) in [6, 6.07) is 12.4. The Hall–Kier alpha value is -2.07. The Morgan fingerprint density at radius 3 is 2.75 bits per heavy atom. The SMILES string of the molecule is CC(C)c1ccc(CN2CCC[C@H]2C(=O)NCc2ccco2)cc1. The molecule has 0 radical (unpaired) electrons. The van der Waals surface area contributed by atoms with Gasteiger partial charge in [0.05, 0.1) is 18.8 Å². The Balaban J connectivity index is 1.57. The van der Waals surface area contributed by atoms with Crippen molar-refractivity contribution in [1.29, 1.82) is 0 Å². The van der Waals surface area contributed by atoms with Gasteiger partial charge >= 0.3 is 0 Å². The van der Waals surface area contributed by atoms with E-state index in [-0.39, 0.29) is 11.9 Å². The van der Waals surface area contributed by atoms with Gasteiger partial charge in [0.25, 0.3) is 0 Å². The van der Waals surface area contributed by atoms with Gasteiger partial charge in [0.1, 0.15) is 5.76 Å². The van der Waals surface area contributed by atoms with Gasteiger partial charge in [-0.2, -0.15) is 0 Å². The van der Waals surface area contributed by atoms with Gasteiger partial charge in [-0.15, -0.1) is 0 Å². The standard InChI is InChI=1S/C20H26N2O2/c1-15(2)17-9-7-16(8-10-17)14-22-11-3-6-19(22)20(23)21-13-18-5-4-12-24-18/h4-5,7-10,12,15,19H,3,6,11,13-14H2,1-2H3,(H,21,23)/t19-/m0/s1. The molecule has 1 aromatic carbocycles. The van der Waals surface area contributed by atoms with E-state index >= 15 is 0 Å². The molecule has 4 nitrogen and oxygen atoms in total. The molecule has 1 aliphatic rings. The number of amides is 1. The van der Waals surface area contributed by atoms with Crippen molar-refractivity contribution >= 4 is 5.91 Å². The Morgan fingerprint density at radius 2 is 2.08 bits per heavy atom. The van der Waals surface area contributed by atoms with Crippen molar-refractivity contribution in [3.05, 3.63) is 59.5 Å². The number of rotatable bonds is 6. The smallest absolute Gasteiger partial charge is 0.237 e. The summed E-state index contributed by atoms with van der Waals surface area (Å²) in [6.07, 6.45) is 3.63. The summed E-state index contributed by atoms with van der Waals surface area (Å²) in [5.41, 5.74) is 2.62. The van der Waals surface area contributed by atoms with Crippen LogP contribution in [-0.2, 0) is 17.9 Å². The van der Waals surface area contributed by atoms with E-state index in [1.54, 1.807) is 6.26 Å². The summed E-state index contributed by atoms with van der Waals surface area (Å²) in [5.74, 6) is 1.44. The lowest BCUT2D eigenvalue weighted by molar-refractivity contribution is -0.125. The fraction of sp³-hybridized carbons (Fsp3) is 0.450. The van der Waals surface area contributed by atoms with Crippen LogP contribution in [0.25, 0.3) is 0 Å². The van der Waals surface area contributed by atoms with E-state index in [0.29, 0.717) is 12.5 Å². The van der Waals surface area contributed by atoms with Crippen LogP contribution in [0.5, 0.6) is 0 Å². The molecule has 0 unspecified atom stereocenters. The quantitative estimate of drug-likeness (QED) is 0.881. The molecule has 128 valence electrons. The van der Waals surface area contributed by atoms with Crippen molar-refractivity contribution < 1.29 is 9.21 Å². The minimum absolute atomic E-state index is 0.0373. The maximum atomic E-state index is 12.5. The molecule has 0 saturated carbocycles. The fourth-order valence-electron chi connectivity index (χ4n) is 3.26. The normalized spacial score (nSPS) is 18.2. The molecule has 0 aliphatic carbocycles. The Labute approximate surface area is 143 Å². The zero-order chi connectivity index (χ0) is 16.9. The van der Waals surface area contributed by atoms with Gasteiger partial charge in [0.2, 0.25) is 5.91 Å². The highest BCUT2D eigenvalue weighted by Crippen LogP contribution is 2.22. The number of carbonyl (C=O) groups excluding carboxylic acids is 1. The number of nitrogens with zero attached hydrogens (tertiary/aromatic N) is 1. The number of carbonyl (C=O) groups is 1. The van der Waals surface area contributed by atoms with E-state index in [4.69, 9.17) is 4.42 Å². The first-order valence-electron chi connectivity index (χ1n) is 8.76. The molecule has 1 aromatic heterocycles.